The maximum atomic E-state index is 12.7. The Bertz CT molecular complexity index is 1180. The number of carbonyl (C=O) groups excluding carboxylic acids is 2. The zero-order valence-electron chi connectivity index (χ0n) is 20.2. The van der Waals surface area contributed by atoms with Crippen LogP contribution in [0.15, 0.2) is 42.1 Å². The van der Waals surface area contributed by atoms with Gasteiger partial charge in [-0.3, -0.25) is 9.36 Å². The number of nitrogens with one attached hydrogen (secondary N) is 1. The van der Waals surface area contributed by atoms with Crippen molar-refractivity contribution < 1.29 is 14.3 Å². The van der Waals surface area contributed by atoms with Gasteiger partial charge in [-0.15, -0.1) is 28.1 Å². The number of carbonyl (C=O) groups is 2. The molecule has 0 saturated carbocycles. The monoisotopic (exact) mass is 498 g/mol. The fourth-order valence-electron chi connectivity index (χ4n) is 3.38. The number of thiophene rings is 1. The molecule has 0 bridgehead atoms. The van der Waals surface area contributed by atoms with Crippen LogP contribution in [0.3, 0.4) is 0 Å². The number of rotatable bonds is 10. The first-order chi connectivity index (χ1) is 16.3. The first-order valence-electron chi connectivity index (χ1n) is 11.1. The molecule has 7 nitrogen and oxygen atoms in total. The van der Waals surface area contributed by atoms with E-state index >= 15 is 0 Å². The van der Waals surface area contributed by atoms with Crippen molar-refractivity contribution in [2.45, 2.75) is 52.2 Å². The minimum atomic E-state index is -0.425. The number of ether oxygens (including phenoxy) is 1. The summed E-state index contributed by atoms with van der Waals surface area (Å²) in [7, 11) is 0. The van der Waals surface area contributed by atoms with Gasteiger partial charge in [0.2, 0.25) is 5.91 Å². The van der Waals surface area contributed by atoms with Crippen molar-refractivity contribution in [3.8, 4) is 11.4 Å². The van der Waals surface area contributed by atoms with Crippen molar-refractivity contribution in [3.05, 3.63) is 58.5 Å². The lowest BCUT2D eigenvalue weighted by atomic mass is 10.0. The van der Waals surface area contributed by atoms with Crippen LogP contribution in [0, 0.1) is 13.8 Å². The predicted octanol–water partition coefficient (Wildman–Crippen LogP) is 5.84. The number of thioether (sulfide) groups is 1. The molecule has 1 N–H and O–H groups in total. The molecule has 34 heavy (non-hydrogen) atoms. The van der Waals surface area contributed by atoms with E-state index in [1.165, 1.54) is 28.7 Å². The van der Waals surface area contributed by atoms with Gasteiger partial charge in [0, 0.05) is 17.0 Å². The molecule has 1 aromatic carbocycles. The molecule has 0 aliphatic carbocycles. The van der Waals surface area contributed by atoms with Crippen LogP contribution in [0.5, 0.6) is 0 Å². The fourth-order valence-corrected chi connectivity index (χ4v) is 5.19. The van der Waals surface area contributed by atoms with E-state index in [9.17, 15) is 9.59 Å². The summed E-state index contributed by atoms with van der Waals surface area (Å²) >= 11 is 2.66. The number of hydrogen-bond acceptors (Lipinski definition) is 7. The maximum absolute atomic E-state index is 12.7. The van der Waals surface area contributed by atoms with Crippen LogP contribution < -0.4 is 5.32 Å². The lowest BCUT2D eigenvalue weighted by molar-refractivity contribution is -0.113. The highest BCUT2D eigenvalue weighted by Crippen LogP contribution is 2.33. The van der Waals surface area contributed by atoms with Crippen molar-refractivity contribution in [1.29, 1.82) is 0 Å². The standard InChI is InChI=1S/C25H30N4O3S2/c1-7-13-29-22(19-11-9-18(10-12-19)15(3)4)27-28-25(29)33-14-20(30)26-23-21(24(31)32-8-2)16(5)17(6)34-23/h7,9-12,15H,1,8,13-14H2,2-6H3,(H,26,30). The molecule has 0 aliphatic heterocycles. The molecule has 0 fully saturated rings. The van der Waals surface area contributed by atoms with E-state index in [1.54, 1.807) is 13.0 Å². The third-order valence-corrected chi connectivity index (χ3v) is 7.40. The Morgan fingerprint density at radius 1 is 1.24 bits per heavy atom. The molecule has 2 aromatic heterocycles. The van der Waals surface area contributed by atoms with E-state index in [0.717, 1.165) is 21.8 Å². The molecule has 3 rings (SSSR count). The smallest absolute Gasteiger partial charge is 0.341 e. The van der Waals surface area contributed by atoms with Gasteiger partial charge in [-0.2, -0.15) is 0 Å². The van der Waals surface area contributed by atoms with E-state index < -0.39 is 5.97 Å². The highest BCUT2D eigenvalue weighted by molar-refractivity contribution is 7.99. The molecule has 0 atom stereocenters. The van der Waals surface area contributed by atoms with Crippen LogP contribution in [0.25, 0.3) is 11.4 Å². The zero-order valence-corrected chi connectivity index (χ0v) is 21.8. The van der Waals surface area contributed by atoms with Crippen LogP contribution in [-0.4, -0.2) is 39.0 Å². The quantitative estimate of drug-likeness (QED) is 0.215. The van der Waals surface area contributed by atoms with Crippen LogP contribution in [0.4, 0.5) is 5.00 Å². The van der Waals surface area contributed by atoms with Gasteiger partial charge < -0.3 is 10.1 Å². The molecule has 180 valence electrons. The summed E-state index contributed by atoms with van der Waals surface area (Å²) in [5, 5.41) is 12.7. The molecular weight excluding hydrogens is 468 g/mol. The number of aryl methyl sites for hydroxylation is 1. The van der Waals surface area contributed by atoms with Crippen LogP contribution in [0.1, 0.15) is 53.1 Å². The Balaban J connectivity index is 1.75. The summed E-state index contributed by atoms with van der Waals surface area (Å²) < 4.78 is 7.10. The van der Waals surface area contributed by atoms with Gasteiger partial charge in [0.1, 0.15) is 5.00 Å². The highest BCUT2D eigenvalue weighted by atomic mass is 32.2. The molecule has 1 amide bonds. The molecule has 3 aromatic rings. The number of aromatic nitrogens is 3. The second kappa shape index (κ2) is 11.5. The van der Waals surface area contributed by atoms with Gasteiger partial charge in [-0.1, -0.05) is 56.0 Å². The summed E-state index contributed by atoms with van der Waals surface area (Å²) in [6, 6.07) is 8.27. The van der Waals surface area contributed by atoms with Crippen LogP contribution >= 0.6 is 23.1 Å². The van der Waals surface area contributed by atoms with Gasteiger partial charge in [0.05, 0.1) is 17.9 Å². The summed E-state index contributed by atoms with van der Waals surface area (Å²) in [6.45, 7) is 14.5. The second-order valence-corrected chi connectivity index (χ2v) is 10.2. The average molecular weight is 499 g/mol. The Morgan fingerprint density at radius 2 is 1.94 bits per heavy atom. The first kappa shape index (κ1) is 25.7. The van der Waals surface area contributed by atoms with Crippen molar-refractivity contribution in [1.82, 2.24) is 14.8 Å². The molecule has 0 radical (unpaired) electrons. The van der Waals surface area contributed by atoms with Gasteiger partial charge in [-0.25, -0.2) is 4.79 Å². The van der Waals surface area contributed by atoms with Crippen molar-refractivity contribution in [2.24, 2.45) is 0 Å². The first-order valence-corrected chi connectivity index (χ1v) is 12.9. The topological polar surface area (TPSA) is 86.1 Å². The van der Waals surface area contributed by atoms with Crippen LogP contribution in [0.2, 0.25) is 0 Å². The Kier molecular flexibility index (Phi) is 8.68. The lowest BCUT2D eigenvalue weighted by Gasteiger charge is -2.10. The minimum Gasteiger partial charge on any atom is -0.462 e. The third kappa shape index (κ3) is 5.77. The molecule has 9 heteroatoms. The Hall–Kier alpha value is -2.91. The molecule has 0 saturated heterocycles. The highest BCUT2D eigenvalue weighted by Gasteiger charge is 2.22. The van der Waals surface area contributed by atoms with E-state index in [1.807, 2.05) is 30.5 Å². The van der Waals surface area contributed by atoms with Crippen molar-refractivity contribution >= 4 is 40.0 Å². The van der Waals surface area contributed by atoms with Crippen LogP contribution in [-0.2, 0) is 16.1 Å². The normalized spacial score (nSPS) is 11.0. The number of benzene rings is 1. The SMILES string of the molecule is C=CCn1c(SCC(=O)Nc2sc(C)c(C)c2C(=O)OCC)nnc1-c1ccc(C(C)C)cc1. The summed E-state index contributed by atoms with van der Waals surface area (Å²) in [6.07, 6.45) is 1.78. The molecule has 0 unspecified atom stereocenters. The number of allylic oxidation sites excluding steroid dienone is 1. The van der Waals surface area contributed by atoms with Crippen molar-refractivity contribution in [2.75, 3.05) is 17.7 Å². The minimum absolute atomic E-state index is 0.125. The number of esters is 1. The van der Waals surface area contributed by atoms with Gasteiger partial charge >= 0.3 is 5.97 Å². The predicted molar refractivity (Wildman–Crippen MR) is 139 cm³/mol. The van der Waals surface area contributed by atoms with Gasteiger partial charge in [0.25, 0.3) is 0 Å². The lowest BCUT2D eigenvalue weighted by Crippen LogP contribution is -2.17. The molecular formula is C25H30N4O3S2. The molecule has 0 spiro atoms. The Labute approximate surface area is 208 Å². The van der Waals surface area contributed by atoms with E-state index in [2.05, 4.69) is 48.1 Å². The van der Waals surface area contributed by atoms with E-state index in [-0.39, 0.29) is 18.3 Å². The number of anilines is 1. The van der Waals surface area contributed by atoms with E-state index in [4.69, 9.17) is 4.74 Å². The number of amides is 1. The second-order valence-electron chi connectivity index (χ2n) is 8.03. The zero-order chi connectivity index (χ0) is 24.8. The van der Waals surface area contributed by atoms with Gasteiger partial charge in [0.15, 0.2) is 11.0 Å². The van der Waals surface area contributed by atoms with Gasteiger partial charge in [-0.05, 0) is 37.8 Å². The van der Waals surface area contributed by atoms with E-state index in [0.29, 0.717) is 28.2 Å². The average Bonchev–Trinajstić information content (AvgIpc) is 3.32. The van der Waals surface area contributed by atoms with Crippen molar-refractivity contribution in [3.63, 3.8) is 0 Å². The summed E-state index contributed by atoms with van der Waals surface area (Å²) in [4.78, 5) is 26.1. The number of nitrogens with zero attached hydrogens (tertiary/aromatic N) is 3. The fraction of sp³-hybridized carbons (Fsp3) is 0.360. The third-order valence-electron chi connectivity index (χ3n) is 5.31. The maximum Gasteiger partial charge on any atom is 0.341 e. The largest absolute Gasteiger partial charge is 0.462 e. The molecule has 0 aliphatic rings. The number of hydrogen-bond donors (Lipinski definition) is 1. The Morgan fingerprint density at radius 3 is 2.56 bits per heavy atom. The summed E-state index contributed by atoms with van der Waals surface area (Å²) in [5.41, 5.74) is 3.46. The molecule has 2 heterocycles. The summed E-state index contributed by atoms with van der Waals surface area (Å²) in [5.74, 6) is 0.649.